The number of alkyl halides is 3. The van der Waals surface area contributed by atoms with Gasteiger partial charge in [0.05, 0.1) is 5.56 Å². The molecule has 0 spiro atoms. The highest BCUT2D eigenvalue weighted by atomic mass is 19.4. The Labute approximate surface area is 115 Å². The molecule has 2 rings (SSSR count). The van der Waals surface area contributed by atoms with Gasteiger partial charge in [-0.3, -0.25) is 4.79 Å². The van der Waals surface area contributed by atoms with Crippen LogP contribution in [0.15, 0.2) is 36.4 Å². The quantitative estimate of drug-likeness (QED) is 0.622. The number of halogens is 5. The standard InChI is InChI=1S/C14H7F5O2/c15-11-6-9(8-4-2-1-3-5-8)12(16)10(7-20)13(11)21-14(17,18)19/h1-7H. The van der Waals surface area contributed by atoms with Gasteiger partial charge in [0.1, 0.15) is 5.82 Å². The molecule has 21 heavy (non-hydrogen) atoms. The van der Waals surface area contributed by atoms with Crippen molar-refractivity contribution in [3.8, 4) is 16.9 Å². The minimum atomic E-state index is -5.24. The summed E-state index contributed by atoms with van der Waals surface area (Å²) in [6.07, 6.45) is -5.45. The molecule has 0 saturated carbocycles. The van der Waals surface area contributed by atoms with Gasteiger partial charge in [-0.1, -0.05) is 30.3 Å². The van der Waals surface area contributed by atoms with E-state index in [-0.39, 0.29) is 17.4 Å². The van der Waals surface area contributed by atoms with Gasteiger partial charge in [-0.25, -0.2) is 8.78 Å². The summed E-state index contributed by atoms with van der Waals surface area (Å²) in [4.78, 5) is 10.8. The van der Waals surface area contributed by atoms with Crippen molar-refractivity contribution in [3.63, 3.8) is 0 Å². The molecule has 0 saturated heterocycles. The van der Waals surface area contributed by atoms with Gasteiger partial charge in [-0.15, -0.1) is 13.2 Å². The van der Waals surface area contributed by atoms with Crippen LogP contribution in [0.5, 0.6) is 5.75 Å². The summed E-state index contributed by atoms with van der Waals surface area (Å²) in [5.41, 5.74) is -1.23. The van der Waals surface area contributed by atoms with Crippen LogP contribution in [0, 0.1) is 11.6 Å². The Balaban J connectivity index is 2.63. The molecule has 0 amide bonds. The van der Waals surface area contributed by atoms with E-state index < -0.39 is 29.3 Å². The lowest BCUT2D eigenvalue weighted by atomic mass is 10.0. The molecule has 0 bridgehead atoms. The van der Waals surface area contributed by atoms with E-state index in [0.717, 1.165) is 0 Å². The maximum Gasteiger partial charge on any atom is 0.573 e. The fourth-order valence-electron chi connectivity index (χ4n) is 1.78. The summed E-state index contributed by atoms with van der Waals surface area (Å²) in [6, 6.07) is 8.10. The highest BCUT2D eigenvalue weighted by Gasteiger charge is 2.35. The molecular weight excluding hydrogens is 295 g/mol. The van der Waals surface area contributed by atoms with Crippen molar-refractivity contribution < 1.29 is 31.5 Å². The molecule has 0 atom stereocenters. The normalized spacial score (nSPS) is 11.3. The zero-order valence-corrected chi connectivity index (χ0v) is 10.2. The third-order valence-electron chi connectivity index (χ3n) is 2.63. The lowest BCUT2D eigenvalue weighted by Gasteiger charge is -2.14. The minimum Gasteiger partial charge on any atom is -0.402 e. The van der Waals surface area contributed by atoms with Crippen LogP contribution in [0.3, 0.4) is 0 Å². The molecule has 2 aromatic rings. The van der Waals surface area contributed by atoms with Crippen molar-refractivity contribution in [3.05, 3.63) is 53.6 Å². The molecule has 0 radical (unpaired) electrons. The Morgan fingerprint density at radius 1 is 1.05 bits per heavy atom. The van der Waals surface area contributed by atoms with E-state index >= 15 is 0 Å². The van der Waals surface area contributed by atoms with E-state index in [2.05, 4.69) is 4.74 Å². The molecule has 2 aromatic carbocycles. The van der Waals surface area contributed by atoms with Crippen LogP contribution in [0.2, 0.25) is 0 Å². The zero-order chi connectivity index (χ0) is 15.6. The minimum absolute atomic E-state index is 0.216. The summed E-state index contributed by atoms with van der Waals surface area (Å²) < 4.78 is 67.7. The smallest absolute Gasteiger partial charge is 0.402 e. The maximum atomic E-state index is 14.1. The maximum absolute atomic E-state index is 14.1. The van der Waals surface area contributed by atoms with Crippen molar-refractivity contribution in [2.75, 3.05) is 0 Å². The van der Waals surface area contributed by atoms with Crippen molar-refractivity contribution in [1.29, 1.82) is 0 Å². The second-order valence-corrected chi connectivity index (χ2v) is 3.99. The molecule has 0 aromatic heterocycles. The van der Waals surface area contributed by atoms with Crippen LogP contribution in [0.1, 0.15) is 10.4 Å². The number of ether oxygens (including phenoxy) is 1. The first-order chi connectivity index (χ1) is 9.83. The van der Waals surface area contributed by atoms with E-state index in [0.29, 0.717) is 6.07 Å². The fourth-order valence-corrected chi connectivity index (χ4v) is 1.78. The molecule has 0 aliphatic heterocycles. The number of hydrogen-bond acceptors (Lipinski definition) is 2. The topological polar surface area (TPSA) is 26.3 Å². The highest BCUT2D eigenvalue weighted by molar-refractivity contribution is 5.84. The summed E-state index contributed by atoms with van der Waals surface area (Å²) in [6.45, 7) is 0. The van der Waals surface area contributed by atoms with E-state index in [1.165, 1.54) is 24.3 Å². The molecule has 0 N–H and O–H groups in total. The predicted molar refractivity (Wildman–Crippen MR) is 63.9 cm³/mol. The molecule has 0 aliphatic rings. The zero-order valence-electron chi connectivity index (χ0n) is 10.2. The molecule has 0 heterocycles. The second-order valence-electron chi connectivity index (χ2n) is 3.99. The average molecular weight is 302 g/mol. The van der Waals surface area contributed by atoms with Crippen LogP contribution in [-0.2, 0) is 0 Å². The molecule has 2 nitrogen and oxygen atoms in total. The highest BCUT2D eigenvalue weighted by Crippen LogP contribution is 2.35. The van der Waals surface area contributed by atoms with Crippen LogP contribution in [0.25, 0.3) is 11.1 Å². The van der Waals surface area contributed by atoms with E-state index in [9.17, 15) is 26.7 Å². The van der Waals surface area contributed by atoms with Crippen LogP contribution < -0.4 is 4.74 Å². The predicted octanol–water partition coefficient (Wildman–Crippen LogP) is 4.34. The molecule has 0 aliphatic carbocycles. The SMILES string of the molecule is O=Cc1c(F)c(-c2ccccc2)cc(F)c1OC(F)(F)F. The van der Waals surface area contributed by atoms with Gasteiger partial charge in [0.15, 0.2) is 17.9 Å². The van der Waals surface area contributed by atoms with Gasteiger partial charge < -0.3 is 4.74 Å². The summed E-state index contributed by atoms with van der Waals surface area (Å²) in [7, 11) is 0. The molecule has 0 unspecified atom stereocenters. The molecule has 7 heteroatoms. The summed E-state index contributed by atoms with van der Waals surface area (Å²) in [5, 5.41) is 0. The number of hydrogen-bond donors (Lipinski definition) is 0. The number of benzene rings is 2. The third kappa shape index (κ3) is 3.18. The van der Waals surface area contributed by atoms with Gasteiger partial charge in [0.2, 0.25) is 0 Å². The van der Waals surface area contributed by atoms with Crippen LogP contribution >= 0.6 is 0 Å². The van der Waals surface area contributed by atoms with Crippen LogP contribution in [0.4, 0.5) is 22.0 Å². The Kier molecular flexibility index (Phi) is 3.93. The third-order valence-corrected chi connectivity index (χ3v) is 2.63. The van der Waals surface area contributed by atoms with Gasteiger partial charge in [-0.2, -0.15) is 0 Å². The number of carbonyl (C=O) groups is 1. The lowest BCUT2D eigenvalue weighted by molar-refractivity contribution is -0.275. The van der Waals surface area contributed by atoms with Gasteiger partial charge in [0.25, 0.3) is 0 Å². The Hall–Kier alpha value is -2.44. The number of rotatable bonds is 3. The first-order valence-corrected chi connectivity index (χ1v) is 5.62. The first-order valence-electron chi connectivity index (χ1n) is 5.62. The van der Waals surface area contributed by atoms with Gasteiger partial charge in [-0.05, 0) is 11.6 Å². The van der Waals surface area contributed by atoms with Crippen molar-refractivity contribution in [2.45, 2.75) is 6.36 Å². The van der Waals surface area contributed by atoms with E-state index in [4.69, 9.17) is 0 Å². The van der Waals surface area contributed by atoms with Crippen molar-refractivity contribution in [2.24, 2.45) is 0 Å². The van der Waals surface area contributed by atoms with E-state index in [1.807, 2.05) is 0 Å². The molecule has 110 valence electrons. The number of carbonyl (C=O) groups excluding carboxylic acids is 1. The summed E-state index contributed by atoms with van der Waals surface area (Å²) >= 11 is 0. The number of aldehydes is 1. The largest absolute Gasteiger partial charge is 0.573 e. The average Bonchev–Trinajstić information content (AvgIpc) is 2.42. The summed E-state index contributed by atoms with van der Waals surface area (Å²) in [5.74, 6) is -4.23. The van der Waals surface area contributed by atoms with Crippen molar-refractivity contribution in [1.82, 2.24) is 0 Å². The Morgan fingerprint density at radius 3 is 2.19 bits per heavy atom. The van der Waals surface area contributed by atoms with Crippen LogP contribution in [-0.4, -0.2) is 12.6 Å². The van der Waals surface area contributed by atoms with Crippen molar-refractivity contribution >= 4 is 6.29 Å². The monoisotopic (exact) mass is 302 g/mol. The second kappa shape index (κ2) is 5.51. The first kappa shape index (κ1) is 15.0. The van der Waals surface area contributed by atoms with E-state index in [1.54, 1.807) is 6.07 Å². The fraction of sp³-hybridized carbons (Fsp3) is 0.0714. The lowest BCUT2D eigenvalue weighted by Crippen LogP contribution is -2.19. The molecule has 0 fully saturated rings. The Bertz CT molecular complexity index is 665. The van der Waals surface area contributed by atoms with Gasteiger partial charge >= 0.3 is 6.36 Å². The molecular formula is C14H7F5O2. The van der Waals surface area contributed by atoms with Gasteiger partial charge in [0, 0.05) is 5.56 Å². The Morgan fingerprint density at radius 2 is 1.67 bits per heavy atom.